The Morgan fingerprint density at radius 1 is 0.912 bits per heavy atom. The van der Waals surface area contributed by atoms with Gasteiger partial charge in [-0.15, -0.1) is 0 Å². The molecule has 1 amide bonds. The number of ketones is 1. The molecule has 2 aliphatic rings. The SMILES string of the molecule is CC(C)C(=O)N1C2=C(C(=O)c3ccccc32)C(c2ccc(F)cc2)c2c1n(C)c(=O)n(C)c2=O. The minimum atomic E-state index is -0.882. The molecular formula is C26H22FN3O4. The Balaban J connectivity index is 1.98. The average molecular weight is 459 g/mol. The molecule has 0 bridgehead atoms. The van der Waals surface area contributed by atoms with Gasteiger partial charge in [-0.25, -0.2) is 9.18 Å². The number of nitrogens with zero attached hydrogens (tertiary/aromatic N) is 3. The summed E-state index contributed by atoms with van der Waals surface area (Å²) >= 11 is 0. The van der Waals surface area contributed by atoms with Crippen LogP contribution in [0.25, 0.3) is 5.70 Å². The second-order valence-electron chi connectivity index (χ2n) is 8.89. The van der Waals surface area contributed by atoms with Crippen LogP contribution in [0.1, 0.15) is 46.8 Å². The molecule has 0 saturated heterocycles. The van der Waals surface area contributed by atoms with Gasteiger partial charge in [-0.1, -0.05) is 50.2 Å². The highest BCUT2D eigenvalue weighted by atomic mass is 19.1. The van der Waals surface area contributed by atoms with Crippen molar-refractivity contribution in [2.75, 3.05) is 4.90 Å². The van der Waals surface area contributed by atoms with Gasteiger partial charge < -0.3 is 0 Å². The van der Waals surface area contributed by atoms with Crippen molar-refractivity contribution in [1.82, 2.24) is 9.13 Å². The van der Waals surface area contributed by atoms with Crippen LogP contribution < -0.4 is 16.1 Å². The third kappa shape index (κ3) is 2.81. The first-order valence-electron chi connectivity index (χ1n) is 10.9. The number of hydrogen-bond acceptors (Lipinski definition) is 4. The molecular weight excluding hydrogens is 437 g/mol. The highest BCUT2D eigenvalue weighted by molar-refractivity contribution is 6.27. The maximum Gasteiger partial charge on any atom is 0.332 e. The van der Waals surface area contributed by atoms with Crippen LogP contribution in [-0.2, 0) is 18.9 Å². The summed E-state index contributed by atoms with van der Waals surface area (Å²) in [6.45, 7) is 3.44. The zero-order valence-electron chi connectivity index (χ0n) is 19.1. The van der Waals surface area contributed by atoms with Crippen molar-refractivity contribution in [1.29, 1.82) is 0 Å². The fourth-order valence-electron chi connectivity index (χ4n) is 4.89. The molecule has 1 aliphatic carbocycles. The highest BCUT2D eigenvalue weighted by Crippen LogP contribution is 2.51. The molecule has 172 valence electrons. The average Bonchev–Trinajstić information content (AvgIpc) is 3.12. The Kier molecular flexibility index (Phi) is 4.79. The van der Waals surface area contributed by atoms with Crippen LogP contribution in [0.15, 0.2) is 63.7 Å². The van der Waals surface area contributed by atoms with Gasteiger partial charge in [-0.05, 0) is 17.7 Å². The van der Waals surface area contributed by atoms with Gasteiger partial charge in [0.1, 0.15) is 11.6 Å². The van der Waals surface area contributed by atoms with Crippen LogP contribution >= 0.6 is 0 Å². The molecule has 34 heavy (non-hydrogen) atoms. The van der Waals surface area contributed by atoms with E-state index in [0.717, 1.165) is 4.57 Å². The van der Waals surface area contributed by atoms with Gasteiger partial charge in [0.25, 0.3) is 5.56 Å². The summed E-state index contributed by atoms with van der Waals surface area (Å²) in [5.74, 6) is -2.34. The number of carbonyl (C=O) groups is 2. The van der Waals surface area contributed by atoms with E-state index in [1.165, 1.54) is 47.8 Å². The van der Waals surface area contributed by atoms with Crippen LogP contribution in [-0.4, -0.2) is 20.8 Å². The maximum atomic E-state index is 13.8. The molecule has 2 aromatic carbocycles. The zero-order chi connectivity index (χ0) is 24.5. The summed E-state index contributed by atoms with van der Waals surface area (Å²) in [7, 11) is 2.85. The Labute approximate surface area is 194 Å². The van der Waals surface area contributed by atoms with E-state index in [1.807, 2.05) is 0 Å². The molecule has 7 nitrogen and oxygen atoms in total. The molecule has 1 atom stereocenters. The molecule has 0 radical (unpaired) electrons. The predicted octanol–water partition coefficient (Wildman–Crippen LogP) is 2.97. The molecule has 0 fully saturated rings. The standard InChI is InChI=1S/C26H22FN3O4/c1-13(2)24(32)30-21-16-7-5-6-8-17(16)22(31)19(21)18(14-9-11-15(27)12-10-14)20-23(30)28(3)26(34)29(4)25(20)33/h5-13,18H,1-4H3. The number of rotatable bonds is 2. The van der Waals surface area contributed by atoms with Crippen LogP contribution in [0.4, 0.5) is 10.2 Å². The Bertz CT molecular complexity index is 1540. The maximum absolute atomic E-state index is 13.8. The lowest BCUT2D eigenvalue weighted by atomic mass is 9.80. The monoisotopic (exact) mass is 459 g/mol. The van der Waals surface area contributed by atoms with Crippen molar-refractivity contribution < 1.29 is 14.0 Å². The molecule has 1 aromatic heterocycles. The van der Waals surface area contributed by atoms with Crippen molar-refractivity contribution in [2.24, 2.45) is 20.0 Å². The van der Waals surface area contributed by atoms with Crippen molar-refractivity contribution in [3.05, 3.63) is 103 Å². The van der Waals surface area contributed by atoms with Gasteiger partial charge in [0.15, 0.2) is 5.78 Å². The number of halogens is 1. The van der Waals surface area contributed by atoms with E-state index in [2.05, 4.69) is 0 Å². The first-order chi connectivity index (χ1) is 16.1. The van der Waals surface area contributed by atoms with Crippen molar-refractivity contribution in [3.63, 3.8) is 0 Å². The summed E-state index contributed by atoms with van der Waals surface area (Å²) in [6.07, 6.45) is 0. The second kappa shape index (κ2) is 7.48. The molecule has 0 spiro atoms. The summed E-state index contributed by atoms with van der Waals surface area (Å²) in [6, 6.07) is 12.5. The summed E-state index contributed by atoms with van der Waals surface area (Å²) in [4.78, 5) is 55.1. The number of hydrogen-bond donors (Lipinski definition) is 0. The topological polar surface area (TPSA) is 81.4 Å². The highest BCUT2D eigenvalue weighted by Gasteiger charge is 2.48. The van der Waals surface area contributed by atoms with E-state index in [4.69, 9.17) is 0 Å². The summed E-state index contributed by atoms with van der Waals surface area (Å²) < 4.78 is 16.0. The number of fused-ring (bicyclic) bond motifs is 3. The Morgan fingerprint density at radius 2 is 1.53 bits per heavy atom. The molecule has 5 rings (SSSR count). The molecule has 1 unspecified atom stereocenters. The first-order valence-corrected chi connectivity index (χ1v) is 10.9. The molecule has 8 heteroatoms. The normalized spacial score (nSPS) is 16.6. The number of aromatic nitrogens is 2. The molecule has 2 heterocycles. The zero-order valence-corrected chi connectivity index (χ0v) is 19.1. The van der Waals surface area contributed by atoms with Crippen molar-refractivity contribution in [2.45, 2.75) is 19.8 Å². The third-order valence-electron chi connectivity index (χ3n) is 6.52. The van der Waals surface area contributed by atoms with E-state index >= 15 is 0 Å². The minimum absolute atomic E-state index is 0.129. The number of benzene rings is 2. The van der Waals surface area contributed by atoms with Gasteiger partial charge in [0, 0.05) is 42.6 Å². The minimum Gasteiger partial charge on any atom is -0.289 e. The summed E-state index contributed by atoms with van der Waals surface area (Å²) in [5, 5.41) is 0. The third-order valence-corrected chi connectivity index (χ3v) is 6.52. The number of carbonyl (C=O) groups excluding carboxylic acids is 2. The fraction of sp³-hybridized carbons (Fsp3) is 0.231. The molecule has 3 aromatic rings. The number of allylic oxidation sites excluding steroid dienone is 1. The van der Waals surface area contributed by atoms with E-state index < -0.39 is 28.9 Å². The van der Waals surface area contributed by atoms with Gasteiger partial charge in [0.05, 0.1) is 11.3 Å². The van der Waals surface area contributed by atoms with Crippen molar-refractivity contribution >= 4 is 23.2 Å². The van der Waals surface area contributed by atoms with Crippen molar-refractivity contribution in [3.8, 4) is 0 Å². The van der Waals surface area contributed by atoms with Crippen LogP contribution in [0.3, 0.4) is 0 Å². The first kappa shape index (κ1) is 21.8. The van der Waals surface area contributed by atoms with Gasteiger partial charge >= 0.3 is 5.69 Å². The van der Waals surface area contributed by atoms with Crippen LogP contribution in [0.2, 0.25) is 0 Å². The smallest absolute Gasteiger partial charge is 0.289 e. The largest absolute Gasteiger partial charge is 0.332 e. The Hall–Kier alpha value is -4.07. The lowest BCUT2D eigenvalue weighted by molar-refractivity contribution is -0.120. The molecule has 1 aliphatic heterocycles. The summed E-state index contributed by atoms with van der Waals surface area (Å²) in [5.41, 5.74) is 1.05. The van der Waals surface area contributed by atoms with E-state index in [9.17, 15) is 23.6 Å². The lowest BCUT2D eigenvalue weighted by Crippen LogP contribution is -2.48. The predicted molar refractivity (Wildman–Crippen MR) is 125 cm³/mol. The Morgan fingerprint density at radius 3 is 2.15 bits per heavy atom. The number of anilines is 1. The van der Waals surface area contributed by atoms with Crippen LogP contribution in [0, 0.1) is 11.7 Å². The van der Waals surface area contributed by atoms with E-state index in [0.29, 0.717) is 22.4 Å². The quantitative estimate of drug-likeness (QED) is 0.590. The lowest BCUT2D eigenvalue weighted by Gasteiger charge is -2.37. The van der Waals surface area contributed by atoms with Gasteiger partial charge in [0.2, 0.25) is 5.91 Å². The number of Topliss-reactive ketones (excluding diaryl/α,β-unsaturated/α-hetero) is 1. The molecule has 0 saturated carbocycles. The molecule has 0 N–H and O–H groups in total. The van der Waals surface area contributed by atoms with Gasteiger partial charge in [-0.2, -0.15) is 0 Å². The fourth-order valence-corrected chi connectivity index (χ4v) is 4.89. The van der Waals surface area contributed by atoms with E-state index in [-0.39, 0.29) is 28.6 Å². The van der Waals surface area contributed by atoms with Gasteiger partial charge in [-0.3, -0.25) is 28.4 Å². The van der Waals surface area contributed by atoms with E-state index in [1.54, 1.807) is 38.1 Å². The van der Waals surface area contributed by atoms with Crippen LogP contribution in [0.5, 0.6) is 0 Å². The number of amides is 1. The second-order valence-corrected chi connectivity index (χ2v) is 8.89.